The Morgan fingerprint density at radius 2 is 1.88 bits per heavy atom. The van der Waals surface area contributed by atoms with Gasteiger partial charge in [0.15, 0.2) is 0 Å². The fraction of sp³-hybridized carbons (Fsp3) is 0.100. The molecule has 1 aromatic heterocycles. The molecule has 17 heavy (non-hydrogen) atoms. The van der Waals surface area contributed by atoms with Crippen LogP contribution in [0.2, 0.25) is 0 Å². The van der Waals surface area contributed by atoms with Crippen molar-refractivity contribution in [3.8, 4) is 17.3 Å². The molecule has 88 valence electrons. The molecule has 2 aromatic rings. The van der Waals surface area contributed by atoms with Gasteiger partial charge in [0.05, 0.1) is 18.1 Å². The van der Waals surface area contributed by atoms with E-state index in [-0.39, 0.29) is 6.01 Å². The van der Waals surface area contributed by atoms with Gasteiger partial charge in [-0.2, -0.15) is 18.5 Å². The van der Waals surface area contributed by atoms with Crippen molar-refractivity contribution in [1.29, 1.82) is 0 Å². The molecule has 1 aromatic carbocycles. The highest BCUT2D eigenvalue weighted by molar-refractivity contribution is 7.86. The van der Waals surface area contributed by atoms with E-state index in [0.717, 1.165) is 11.8 Å². The van der Waals surface area contributed by atoms with Gasteiger partial charge >= 0.3 is 16.1 Å². The van der Waals surface area contributed by atoms with Gasteiger partial charge in [0.1, 0.15) is 0 Å². The summed E-state index contributed by atoms with van der Waals surface area (Å²) in [5.74, 6) is 0. The van der Waals surface area contributed by atoms with Gasteiger partial charge in [0.2, 0.25) is 0 Å². The molecule has 1 heterocycles. The molecule has 0 fully saturated rings. The van der Waals surface area contributed by atoms with Gasteiger partial charge in [-0.15, -0.1) is 0 Å². The molecule has 0 saturated heterocycles. The van der Waals surface area contributed by atoms with Gasteiger partial charge in [0.25, 0.3) is 0 Å². The molecular weight excluding hydrogens is 242 g/mol. The van der Waals surface area contributed by atoms with E-state index in [1.807, 2.05) is 30.3 Å². The van der Waals surface area contributed by atoms with Crippen molar-refractivity contribution in [1.82, 2.24) is 15.2 Å². The molecular formula is C10H9N3O3S. The zero-order chi connectivity index (χ0) is 12.3. The molecule has 0 atom stereocenters. The first-order valence-corrected chi connectivity index (χ1v) is 6.51. The third kappa shape index (κ3) is 3.22. The number of aromatic nitrogens is 3. The van der Waals surface area contributed by atoms with E-state index in [4.69, 9.17) is 0 Å². The normalized spacial score (nSPS) is 11.1. The molecule has 6 nitrogen and oxygen atoms in total. The van der Waals surface area contributed by atoms with Crippen LogP contribution in [-0.2, 0) is 10.1 Å². The fourth-order valence-electron chi connectivity index (χ4n) is 1.21. The van der Waals surface area contributed by atoms with Crippen LogP contribution >= 0.6 is 0 Å². The van der Waals surface area contributed by atoms with Crippen molar-refractivity contribution in [2.75, 3.05) is 6.26 Å². The van der Waals surface area contributed by atoms with Crippen LogP contribution < -0.4 is 4.18 Å². The topological polar surface area (TPSA) is 82.0 Å². The van der Waals surface area contributed by atoms with E-state index >= 15 is 0 Å². The average Bonchev–Trinajstić information content (AvgIpc) is 2.28. The summed E-state index contributed by atoms with van der Waals surface area (Å²) < 4.78 is 26.4. The predicted octanol–water partition coefficient (Wildman–Crippen LogP) is 0.877. The summed E-state index contributed by atoms with van der Waals surface area (Å²) in [4.78, 5) is 3.95. The van der Waals surface area contributed by atoms with Crippen molar-refractivity contribution in [2.45, 2.75) is 0 Å². The summed E-state index contributed by atoms with van der Waals surface area (Å²) in [7, 11) is -3.64. The second kappa shape index (κ2) is 4.46. The zero-order valence-corrected chi connectivity index (χ0v) is 9.76. The van der Waals surface area contributed by atoms with Gasteiger partial charge in [-0.1, -0.05) is 35.4 Å². The van der Waals surface area contributed by atoms with Crippen LogP contribution in [0.15, 0.2) is 36.5 Å². The third-order valence-corrected chi connectivity index (χ3v) is 2.29. The van der Waals surface area contributed by atoms with Crippen molar-refractivity contribution < 1.29 is 12.6 Å². The SMILES string of the molecule is CS(=O)(=O)Oc1nncc(-c2ccccc2)n1. The minimum atomic E-state index is -3.64. The molecule has 0 amide bonds. The first kappa shape index (κ1) is 11.5. The van der Waals surface area contributed by atoms with E-state index in [2.05, 4.69) is 19.4 Å². The van der Waals surface area contributed by atoms with Crippen LogP contribution in [0.5, 0.6) is 6.01 Å². The summed E-state index contributed by atoms with van der Waals surface area (Å²) >= 11 is 0. The third-order valence-electron chi connectivity index (χ3n) is 1.83. The summed E-state index contributed by atoms with van der Waals surface area (Å²) in [6, 6.07) is 8.92. The minimum Gasteiger partial charge on any atom is -0.342 e. The first-order chi connectivity index (χ1) is 8.04. The highest BCUT2D eigenvalue weighted by Gasteiger charge is 2.09. The molecule has 0 saturated carbocycles. The number of rotatable bonds is 3. The molecule has 2 rings (SSSR count). The lowest BCUT2D eigenvalue weighted by Gasteiger charge is -2.02. The van der Waals surface area contributed by atoms with E-state index in [9.17, 15) is 8.42 Å². The molecule has 0 radical (unpaired) electrons. The minimum absolute atomic E-state index is 0.283. The molecule has 0 aliphatic heterocycles. The maximum atomic E-state index is 10.9. The number of benzene rings is 1. The molecule has 0 aliphatic rings. The lowest BCUT2D eigenvalue weighted by atomic mass is 10.2. The van der Waals surface area contributed by atoms with Crippen molar-refractivity contribution in [3.05, 3.63) is 36.5 Å². The molecule has 0 spiro atoms. The quantitative estimate of drug-likeness (QED) is 0.753. The standard InChI is InChI=1S/C10H9N3O3S/c1-17(14,15)16-10-12-9(7-11-13-10)8-5-3-2-4-6-8/h2-7H,1H3. The van der Waals surface area contributed by atoms with Crippen molar-refractivity contribution >= 4 is 10.1 Å². The van der Waals surface area contributed by atoms with Gasteiger partial charge < -0.3 is 4.18 Å². The zero-order valence-electron chi connectivity index (χ0n) is 8.94. The Labute approximate surface area is 98.4 Å². The second-order valence-corrected chi connectivity index (χ2v) is 4.85. The lowest BCUT2D eigenvalue weighted by Crippen LogP contribution is -2.09. The average molecular weight is 251 g/mol. The Hall–Kier alpha value is -2.02. The van der Waals surface area contributed by atoms with Gasteiger partial charge in [-0.05, 0) is 0 Å². The highest BCUT2D eigenvalue weighted by Crippen LogP contribution is 2.16. The first-order valence-electron chi connectivity index (χ1n) is 4.69. The predicted molar refractivity (Wildman–Crippen MR) is 60.7 cm³/mol. The number of hydrogen-bond donors (Lipinski definition) is 0. The van der Waals surface area contributed by atoms with Crippen molar-refractivity contribution in [3.63, 3.8) is 0 Å². The summed E-state index contributed by atoms with van der Waals surface area (Å²) in [6.07, 6.45) is 2.36. The monoisotopic (exact) mass is 251 g/mol. The lowest BCUT2D eigenvalue weighted by molar-refractivity contribution is 0.465. The van der Waals surface area contributed by atoms with E-state index in [0.29, 0.717) is 5.69 Å². The Balaban J connectivity index is 2.36. The van der Waals surface area contributed by atoms with Crippen molar-refractivity contribution in [2.24, 2.45) is 0 Å². The fourth-order valence-corrected chi connectivity index (χ4v) is 1.55. The van der Waals surface area contributed by atoms with Crippen LogP contribution in [0.25, 0.3) is 11.3 Å². The summed E-state index contributed by atoms with van der Waals surface area (Å²) in [5, 5.41) is 7.13. The maximum absolute atomic E-state index is 10.9. The Morgan fingerprint density at radius 1 is 1.18 bits per heavy atom. The van der Waals surface area contributed by atoms with E-state index < -0.39 is 10.1 Å². The van der Waals surface area contributed by atoms with Gasteiger partial charge in [-0.25, -0.2) is 0 Å². The summed E-state index contributed by atoms with van der Waals surface area (Å²) in [6.45, 7) is 0. The Kier molecular flexibility index (Phi) is 3.01. The van der Waals surface area contributed by atoms with Crippen LogP contribution in [0.4, 0.5) is 0 Å². The molecule has 0 bridgehead atoms. The van der Waals surface area contributed by atoms with Crippen LogP contribution in [0, 0.1) is 0 Å². The van der Waals surface area contributed by atoms with Crippen LogP contribution in [-0.4, -0.2) is 29.9 Å². The Morgan fingerprint density at radius 3 is 2.53 bits per heavy atom. The highest BCUT2D eigenvalue weighted by atomic mass is 32.2. The Bertz CT molecular complexity index is 614. The maximum Gasteiger partial charge on any atom is 0.352 e. The molecule has 0 aliphatic carbocycles. The van der Waals surface area contributed by atoms with Gasteiger partial charge in [-0.3, -0.25) is 0 Å². The molecule has 0 unspecified atom stereocenters. The number of nitrogens with zero attached hydrogens (tertiary/aromatic N) is 3. The van der Waals surface area contributed by atoms with E-state index in [1.165, 1.54) is 6.20 Å². The van der Waals surface area contributed by atoms with E-state index in [1.54, 1.807) is 0 Å². The summed E-state index contributed by atoms with van der Waals surface area (Å²) in [5.41, 5.74) is 1.31. The smallest absolute Gasteiger partial charge is 0.342 e. The molecule has 0 N–H and O–H groups in total. The second-order valence-electron chi connectivity index (χ2n) is 3.28. The largest absolute Gasteiger partial charge is 0.352 e. The molecule has 7 heteroatoms. The van der Waals surface area contributed by atoms with Crippen LogP contribution in [0.1, 0.15) is 0 Å². The number of hydrogen-bond acceptors (Lipinski definition) is 6. The van der Waals surface area contributed by atoms with Crippen LogP contribution in [0.3, 0.4) is 0 Å². The van der Waals surface area contributed by atoms with Gasteiger partial charge in [0, 0.05) is 5.56 Å².